The molecule has 2 aromatic carbocycles. The van der Waals surface area contributed by atoms with Gasteiger partial charge in [-0.25, -0.2) is 9.59 Å². The molecule has 6 heteroatoms. The molecule has 0 aliphatic carbocycles. The van der Waals surface area contributed by atoms with Gasteiger partial charge in [-0.15, -0.1) is 0 Å². The Bertz CT molecular complexity index is 753. The van der Waals surface area contributed by atoms with Gasteiger partial charge in [0.2, 0.25) is 0 Å². The number of carbonyl (C=O) groups is 2. The van der Waals surface area contributed by atoms with E-state index in [0.29, 0.717) is 16.9 Å². The Hall–Kier alpha value is -2.47. The summed E-state index contributed by atoms with van der Waals surface area (Å²) in [6.07, 6.45) is 1.88. The van der Waals surface area contributed by atoms with E-state index in [-0.39, 0.29) is 17.1 Å². The zero-order chi connectivity index (χ0) is 17.7. The van der Waals surface area contributed by atoms with Crippen LogP contribution in [0.4, 0.5) is 0 Å². The number of ether oxygens (including phenoxy) is 2. The number of thioether (sulfide) groups is 1. The maximum absolute atomic E-state index is 12.4. The maximum Gasteiger partial charge on any atom is 0.343 e. The predicted molar refractivity (Wildman–Crippen MR) is 93.3 cm³/mol. The van der Waals surface area contributed by atoms with Crippen molar-refractivity contribution >= 4 is 23.7 Å². The van der Waals surface area contributed by atoms with Crippen LogP contribution < -0.4 is 9.47 Å². The van der Waals surface area contributed by atoms with Crippen molar-refractivity contribution < 1.29 is 24.2 Å². The largest absolute Gasteiger partial charge is 0.493 e. The van der Waals surface area contributed by atoms with Crippen LogP contribution in [0.5, 0.6) is 11.5 Å². The normalized spacial score (nSPS) is 10.3. The predicted octanol–water partition coefficient (Wildman–Crippen LogP) is 3.78. The van der Waals surface area contributed by atoms with Crippen molar-refractivity contribution in [2.75, 3.05) is 13.4 Å². The van der Waals surface area contributed by atoms with Gasteiger partial charge in [-0.2, -0.15) is 11.8 Å². The van der Waals surface area contributed by atoms with Gasteiger partial charge < -0.3 is 14.6 Å². The molecule has 0 saturated carbocycles. The van der Waals surface area contributed by atoms with Crippen LogP contribution in [0.15, 0.2) is 36.4 Å². The van der Waals surface area contributed by atoms with E-state index in [1.807, 2.05) is 25.3 Å². The van der Waals surface area contributed by atoms with Crippen LogP contribution in [0.1, 0.15) is 31.8 Å². The molecule has 24 heavy (non-hydrogen) atoms. The monoisotopic (exact) mass is 346 g/mol. The minimum atomic E-state index is -1.06. The summed E-state index contributed by atoms with van der Waals surface area (Å²) in [4.78, 5) is 23.6. The standard InChI is InChI=1S/C18H18O5S/c1-11-4-6-12(7-5-11)18(21)23-16-14(10-24-3)8-13(17(19)20)9-15(16)22-2/h4-9H,10H2,1-3H3,(H,19,20). The molecule has 126 valence electrons. The minimum absolute atomic E-state index is 0.0889. The van der Waals surface area contributed by atoms with Crippen molar-refractivity contribution in [3.05, 3.63) is 58.7 Å². The van der Waals surface area contributed by atoms with Gasteiger partial charge in [0.15, 0.2) is 11.5 Å². The number of carbonyl (C=O) groups excluding carboxylic acids is 1. The molecule has 0 fully saturated rings. The fourth-order valence-corrected chi connectivity index (χ4v) is 2.68. The van der Waals surface area contributed by atoms with Crippen LogP contribution in [0.25, 0.3) is 0 Å². The molecule has 0 aliphatic rings. The van der Waals surface area contributed by atoms with Crippen LogP contribution in [-0.2, 0) is 5.75 Å². The van der Waals surface area contributed by atoms with Crippen molar-refractivity contribution in [1.82, 2.24) is 0 Å². The Morgan fingerprint density at radius 3 is 2.33 bits per heavy atom. The molecule has 0 aliphatic heterocycles. The molecule has 2 rings (SSSR count). The molecule has 1 N–H and O–H groups in total. The number of carboxylic acids is 1. The van der Waals surface area contributed by atoms with Crippen LogP contribution in [0.2, 0.25) is 0 Å². The topological polar surface area (TPSA) is 72.8 Å². The summed E-state index contributed by atoms with van der Waals surface area (Å²) in [6.45, 7) is 1.93. The highest BCUT2D eigenvalue weighted by atomic mass is 32.2. The molecule has 0 amide bonds. The summed E-state index contributed by atoms with van der Waals surface area (Å²) in [5.74, 6) is -0.610. The van der Waals surface area contributed by atoms with Gasteiger partial charge in [-0.3, -0.25) is 0 Å². The Morgan fingerprint density at radius 1 is 1.12 bits per heavy atom. The fourth-order valence-electron chi connectivity index (χ4n) is 2.15. The van der Waals surface area contributed by atoms with E-state index in [4.69, 9.17) is 9.47 Å². The second-order valence-electron chi connectivity index (χ2n) is 5.16. The Kier molecular flexibility index (Phi) is 5.87. The number of hydrogen-bond acceptors (Lipinski definition) is 5. The fraction of sp³-hybridized carbons (Fsp3) is 0.222. The average molecular weight is 346 g/mol. The molecule has 0 atom stereocenters. The summed E-state index contributed by atoms with van der Waals surface area (Å²) in [5.41, 5.74) is 2.14. The number of hydrogen-bond donors (Lipinski definition) is 1. The smallest absolute Gasteiger partial charge is 0.343 e. The average Bonchev–Trinajstić information content (AvgIpc) is 2.56. The van der Waals surface area contributed by atoms with Crippen molar-refractivity contribution in [2.45, 2.75) is 12.7 Å². The summed E-state index contributed by atoms with van der Waals surface area (Å²) in [5, 5.41) is 9.20. The molecule has 0 radical (unpaired) electrons. The van der Waals surface area contributed by atoms with E-state index in [2.05, 4.69) is 0 Å². The summed E-state index contributed by atoms with van der Waals surface area (Å²) >= 11 is 1.49. The molecule has 0 spiro atoms. The van der Waals surface area contributed by atoms with Crippen LogP contribution in [-0.4, -0.2) is 30.4 Å². The van der Waals surface area contributed by atoms with Gasteiger partial charge in [0.25, 0.3) is 0 Å². The van der Waals surface area contributed by atoms with E-state index < -0.39 is 11.9 Å². The summed E-state index contributed by atoms with van der Waals surface area (Å²) < 4.78 is 10.7. The second kappa shape index (κ2) is 7.88. The summed E-state index contributed by atoms with van der Waals surface area (Å²) in [6, 6.07) is 9.87. The highest BCUT2D eigenvalue weighted by Gasteiger charge is 2.19. The first-order valence-electron chi connectivity index (χ1n) is 7.18. The first kappa shape index (κ1) is 17.9. The molecule has 0 heterocycles. The zero-order valence-corrected chi connectivity index (χ0v) is 14.5. The highest BCUT2D eigenvalue weighted by Crippen LogP contribution is 2.35. The first-order chi connectivity index (χ1) is 11.5. The van der Waals surface area contributed by atoms with Gasteiger partial charge in [0.05, 0.1) is 18.2 Å². The lowest BCUT2D eigenvalue weighted by Gasteiger charge is -2.15. The van der Waals surface area contributed by atoms with Crippen molar-refractivity contribution in [1.29, 1.82) is 0 Å². The Balaban J connectivity index is 2.41. The van der Waals surface area contributed by atoms with E-state index in [9.17, 15) is 14.7 Å². The molecule has 0 bridgehead atoms. The number of carboxylic acid groups (broad SMARTS) is 1. The molecular formula is C18H18O5S. The van der Waals surface area contributed by atoms with Crippen molar-refractivity contribution in [2.24, 2.45) is 0 Å². The number of benzene rings is 2. The highest BCUT2D eigenvalue weighted by molar-refractivity contribution is 7.97. The van der Waals surface area contributed by atoms with Gasteiger partial charge in [-0.05, 0) is 37.4 Å². The molecule has 5 nitrogen and oxygen atoms in total. The lowest BCUT2D eigenvalue weighted by Crippen LogP contribution is -2.11. The number of aryl methyl sites for hydroxylation is 1. The third kappa shape index (κ3) is 4.08. The minimum Gasteiger partial charge on any atom is -0.493 e. The van der Waals surface area contributed by atoms with E-state index >= 15 is 0 Å². The van der Waals surface area contributed by atoms with Crippen LogP contribution in [0.3, 0.4) is 0 Å². The van der Waals surface area contributed by atoms with E-state index in [1.165, 1.54) is 31.0 Å². The lowest BCUT2D eigenvalue weighted by molar-refractivity contribution is 0.0696. The Morgan fingerprint density at radius 2 is 1.79 bits per heavy atom. The summed E-state index contributed by atoms with van der Waals surface area (Å²) in [7, 11) is 1.41. The zero-order valence-electron chi connectivity index (χ0n) is 13.7. The van der Waals surface area contributed by atoms with Gasteiger partial charge in [0.1, 0.15) is 0 Å². The number of methoxy groups -OCH3 is 1. The van der Waals surface area contributed by atoms with E-state index in [1.54, 1.807) is 12.1 Å². The number of esters is 1. The molecule has 2 aromatic rings. The third-order valence-electron chi connectivity index (χ3n) is 3.38. The van der Waals surface area contributed by atoms with Crippen LogP contribution >= 0.6 is 11.8 Å². The maximum atomic E-state index is 12.4. The quantitative estimate of drug-likeness (QED) is 0.634. The SMILES string of the molecule is COc1cc(C(=O)O)cc(CSC)c1OC(=O)c1ccc(C)cc1. The van der Waals surface area contributed by atoms with E-state index in [0.717, 1.165) is 5.56 Å². The molecular weight excluding hydrogens is 328 g/mol. The van der Waals surface area contributed by atoms with Gasteiger partial charge in [0, 0.05) is 11.3 Å². The molecule has 0 unspecified atom stereocenters. The third-order valence-corrected chi connectivity index (χ3v) is 3.98. The first-order valence-corrected chi connectivity index (χ1v) is 8.57. The van der Waals surface area contributed by atoms with Crippen molar-refractivity contribution in [3.8, 4) is 11.5 Å². The van der Waals surface area contributed by atoms with Crippen molar-refractivity contribution in [3.63, 3.8) is 0 Å². The molecule has 0 saturated heterocycles. The van der Waals surface area contributed by atoms with Gasteiger partial charge >= 0.3 is 11.9 Å². The number of aromatic carboxylic acids is 1. The molecule has 0 aromatic heterocycles. The van der Waals surface area contributed by atoms with Crippen LogP contribution in [0, 0.1) is 6.92 Å². The number of rotatable bonds is 6. The van der Waals surface area contributed by atoms with Gasteiger partial charge in [-0.1, -0.05) is 17.7 Å². The Labute approximate surface area is 144 Å². The second-order valence-corrected chi connectivity index (χ2v) is 6.03. The lowest BCUT2D eigenvalue weighted by atomic mass is 10.1.